The summed E-state index contributed by atoms with van der Waals surface area (Å²) in [5.74, 6) is -0.565. The number of amides is 1. The van der Waals surface area contributed by atoms with Gasteiger partial charge in [0.2, 0.25) is 0 Å². The Morgan fingerprint density at radius 1 is 1.10 bits per heavy atom. The van der Waals surface area contributed by atoms with Crippen molar-refractivity contribution in [2.24, 2.45) is 0 Å². The maximum Gasteiger partial charge on any atom is 0.262 e. The van der Waals surface area contributed by atoms with E-state index >= 15 is 0 Å². The molecule has 1 amide bonds. The molecule has 1 rings (SSSR count). The molecule has 8 nitrogen and oxygen atoms in total. The zero-order chi connectivity index (χ0) is 15.7. The molecule has 0 saturated heterocycles. The first-order valence-corrected chi connectivity index (χ1v) is 8.59. The zero-order valence-corrected chi connectivity index (χ0v) is 12.6. The molecule has 0 fully saturated rings. The van der Waals surface area contributed by atoms with Crippen LogP contribution in [0.2, 0.25) is 0 Å². The number of hydrogen-bond donors (Lipinski definition) is 2. The molecule has 1 aromatic rings. The maximum absolute atomic E-state index is 11.8. The minimum absolute atomic E-state index is 0.119. The topological polar surface area (TPSA) is 121 Å². The summed E-state index contributed by atoms with van der Waals surface area (Å²) in [6.45, 7) is 0. The monoisotopic (exact) mass is 322 g/mol. The van der Waals surface area contributed by atoms with Crippen molar-refractivity contribution in [3.8, 4) is 0 Å². The lowest BCUT2D eigenvalue weighted by Crippen LogP contribution is -2.24. The van der Waals surface area contributed by atoms with E-state index in [2.05, 4.69) is 0 Å². The van der Waals surface area contributed by atoms with E-state index in [1.165, 1.54) is 19.0 Å². The molecule has 1 aromatic carbocycles. The van der Waals surface area contributed by atoms with Gasteiger partial charge >= 0.3 is 0 Å². The predicted octanol–water partition coefficient (Wildman–Crippen LogP) is -0.541. The molecule has 112 valence electrons. The second-order valence-corrected chi connectivity index (χ2v) is 7.94. The molecule has 0 aliphatic heterocycles. The SMILES string of the molecule is CN(C)C(=O)c1cc(S(C)(=O)=O)cc(S(=O)(=O)NO)c1. The summed E-state index contributed by atoms with van der Waals surface area (Å²) in [4.78, 5) is 13.2. The van der Waals surface area contributed by atoms with Crippen molar-refractivity contribution >= 4 is 25.8 Å². The van der Waals surface area contributed by atoms with Crippen LogP contribution >= 0.6 is 0 Å². The molecule has 0 aromatic heterocycles. The van der Waals surface area contributed by atoms with Gasteiger partial charge in [-0.2, -0.15) is 0 Å². The van der Waals surface area contributed by atoms with Crippen LogP contribution in [0.3, 0.4) is 0 Å². The van der Waals surface area contributed by atoms with Crippen molar-refractivity contribution in [1.82, 2.24) is 9.79 Å². The summed E-state index contributed by atoms with van der Waals surface area (Å²) in [7, 11) is -5.14. The first-order chi connectivity index (χ1) is 8.99. The first kappa shape index (κ1) is 16.6. The highest BCUT2D eigenvalue weighted by molar-refractivity contribution is 7.91. The molecule has 0 spiro atoms. The lowest BCUT2D eigenvalue weighted by molar-refractivity contribution is 0.0827. The molecule has 0 bridgehead atoms. The summed E-state index contributed by atoms with van der Waals surface area (Å²) in [5, 5.41) is 8.60. The molecule has 10 heteroatoms. The van der Waals surface area contributed by atoms with E-state index in [1.54, 1.807) is 0 Å². The molecule has 20 heavy (non-hydrogen) atoms. The van der Waals surface area contributed by atoms with E-state index in [-0.39, 0.29) is 10.5 Å². The average Bonchev–Trinajstić information content (AvgIpc) is 2.36. The smallest absolute Gasteiger partial charge is 0.262 e. The van der Waals surface area contributed by atoms with Crippen LogP contribution in [0.4, 0.5) is 0 Å². The minimum atomic E-state index is -4.29. The molecule has 0 radical (unpaired) electrons. The third-order valence-electron chi connectivity index (χ3n) is 2.39. The molecule has 0 unspecified atom stereocenters. The highest BCUT2D eigenvalue weighted by Crippen LogP contribution is 2.19. The number of sulfone groups is 1. The van der Waals surface area contributed by atoms with Crippen LogP contribution in [0.15, 0.2) is 28.0 Å². The van der Waals surface area contributed by atoms with E-state index in [9.17, 15) is 21.6 Å². The fourth-order valence-corrected chi connectivity index (χ4v) is 2.80. The summed E-state index contributed by atoms with van der Waals surface area (Å²) in [6, 6.07) is 2.92. The Balaban J connectivity index is 3.65. The third kappa shape index (κ3) is 3.54. The zero-order valence-electron chi connectivity index (χ0n) is 11.0. The van der Waals surface area contributed by atoms with Crippen molar-refractivity contribution in [2.75, 3.05) is 20.4 Å². The molecular formula is C10H14N2O6S2. The standard InChI is InChI=1S/C10H14N2O6S2/c1-12(2)10(13)7-4-8(19(3,15)16)6-9(5-7)20(17,18)11-14/h4-6,11,14H,1-3H3. The molecule has 0 heterocycles. The Bertz CT molecular complexity index is 737. The average molecular weight is 322 g/mol. The van der Waals surface area contributed by atoms with Gasteiger partial charge in [-0.1, -0.05) is 4.89 Å². The van der Waals surface area contributed by atoms with Crippen LogP contribution in [0, 0.1) is 0 Å². The normalized spacial score (nSPS) is 12.2. The van der Waals surface area contributed by atoms with Crippen molar-refractivity contribution in [1.29, 1.82) is 0 Å². The molecule has 0 aliphatic rings. The van der Waals surface area contributed by atoms with Gasteiger partial charge in [-0.15, -0.1) is 0 Å². The Kier molecular flexibility index (Phi) is 4.54. The number of benzene rings is 1. The summed E-state index contributed by atoms with van der Waals surface area (Å²) in [5.41, 5.74) is -0.119. The number of rotatable bonds is 4. The van der Waals surface area contributed by atoms with Crippen molar-refractivity contribution in [3.05, 3.63) is 23.8 Å². The van der Waals surface area contributed by atoms with Gasteiger partial charge in [0.15, 0.2) is 9.84 Å². The molecule has 2 N–H and O–H groups in total. The highest BCUT2D eigenvalue weighted by atomic mass is 32.2. The molecule has 0 atom stereocenters. The number of carbonyl (C=O) groups excluding carboxylic acids is 1. The predicted molar refractivity (Wildman–Crippen MR) is 69.7 cm³/mol. The Morgan fingerprint density at radius 2 is 1.60 bits per heavy atom. The second kappa shape index (κ2) is 5.48. The van der Waals surface area contributed by atoms with Gasteiger partial charge in [0.1, 0.15) is 0 Å². The minimum Gasteiger partial charge on any atom is -0.345 e. The quantitative estimate of drug-likeness (QED) is 0.718. The molecule has 0 aliphatic carbocycles. The van der Waals surface area contributed by atoms with Gasteiger partial charge in [-0.05, 0) is 18.2 Å². The fraction of sp³-hybridized carbons (Fsp3) is 0.300. The number of hydrogen-bond acceptors (Lipinski definition) is 6. The van der Waals surface area contributed by atoms with E-state index < -0.39 is 30.7 Å². The van der Waals surface area contributed by atoms with Gasteiger partial charge in [0.25, 0.3) is 15.9 Å². The van der Waals surface area contributed by atoms with Crippen molar-refractivity contribution < 1.29 is 26.8 Å². The van der Waals surface area contributed by atoms with Gasteiger partial charge in [0, 0.05) is 25.9 Å². The molecular weight excluding hydrogens is 308 g/mol. The van der Waals surface area contributed by atoms with Crippen LogP contribution in [0.5, 0.6) is 0 Å². The number of nitrogens with zero attached hydrogens (tertiary/aromatic N) is 1. The van der Waals surface area contributed by atoms with Crippen molar-refractivity contribution in [3.63, 3.8) is 0 Å². The van der Waals surface area contributed by atoms with Crippen LogP contribution in [-0.4, -0.2) is 53.2 Å². The van der Waals surface area contributed by atoms with Gasteiger partial charge in [0.05, 0.1) is 9.79 Å². The third-order valence-corrected chi connectivity index (χ3v) is 4.58. The lowest BCUT2D eigenvalue weighted by atomic mass is 10.2. The summed E-state index contributed by atoms with van der Waals surface area (Å²) in [6.07, 6.45) is 0.884. The lowest BCUT2D eigenvalue weighted by Gasteiger charge is -2.12. The number of carbonyl (C=O) groups is 1. The first-order valence-electron chi connectivity index (χ1n) is 5.22. The van der Waals surface area contributed by atoms with Crippen LogP contribution in [0.1, 0.15) is 10.4 Å². The number of nitrogens with one attached hydrogen (secondary N) is 1. The Morgan fingerprint density at radius 3 is 2.00 bits per heavy atom. The van der Waals surface area contributed by atoms with E-state index in [4.69, 9.17) is 5.21 Å². The number of sulfonamides is 1. The summed E-state index contributed by atoms with van der Waals surface area (Å²) >= 11 is 0. The van der Waals surface area contributed by atoms with E-state index in [1.807, 2.05) is 0 Å². The Hall–Kier alpha value is -1.49. The van der Waals surface area contributed by atoms with E-state index in [0.29, 0.717) is 0 Å². The van der Waals surface area contributed by atoms with E-state index in [0.717, 1.165) is 29.3 Å². The largest absolute Gasteiger partial charge is 0.345 e. The van der Waals surface area contributed by atoms with Crippen LogP contribution < -0.4 is 4.89 Å². The fourth-order valence-electron chi connectivity index (χ4n) is 1.38. The van der Waals surface area contributed by atoms with Crippen LogP contribution in [0.25, 0.3) is 0 Å². The van der Waals surface area contributed by atoms with Crippen LogP contribution in [-0.2, 0) is 19.9 Å². The second-order valence-electron chi connectivity index (χ2n) is 4.26. The maximum atomic E-state index is 11.8. The van der Waals surface area contributed by atoms with Gasteiger partial charge in [-0.3, -0.25) is 4.79 Å². The summed E-state index contributed by atoms with van der Waals surface area (Å²) < 4.78 is 46.2. The van der Waals surface area contributed by atoms with Crippen molar-refractivity contribution in [2.45, 2.75) is 9.79 Å². The van der Waals surface area contributed by atoms with Gasteiger partial charge in [-0.25, -0.2) is 16.8 Å². The highest BCUT2D eigenvalue weighted by Gasteiger charge is 2.21. The van der Waals surface area contributed by atoms with Gasteiger partial charge < -0.3 is 10.1 Å². The Labute approximate surface area is 116 Å². The molecule has 0 saturated carbocycles.